The molecule has 1 unspecified atom stereocenters. The third-order valence-corrected chi connectivity index (χ3v) is 6.02. The molecule has 28 heavy (non-hydrogen) atoms. The molecule has 0 N–H and O–H groups in total. The first-order valence-electron chi connectivity index (χ1n) is 8.23. The second kappa shape index (κ2) is 7.09. The summed E-state index contributed by atoms with van der Waals surface area (Å²) in [7, 11) is -3.19. The summed E-state index contributed by atoms with van der Waals surface area (Å²) in [5.41, 5.74) is -0.443. The number of benzene rings is 1. The molecule has 3 rings (SSSR count). The summed E-state index contributed by atoms with van der Waals surface area (Å²) in [6.07, 6.45) is 3.41. The van der Waals surface area contributed by atoms with Crippen LogP contribution in [0.3, 0.4) is 0 Å². The number of anilines is 1. The van der Waals surface area contributed by atoms with Gasteiger partial charge in [0.2, 0.25) is 9.84 Å². The highest BCUT2D eigenvalue weighted by Crippen LogP contribution is 2.37. The molecule has 2 heterocycles. The van der Waals surface area contributed by atoms with E-state index >= 15 is 0 Å². The lowest BCUT2D eigenvalue weighted by atomic mass is 9.96. The van der Waals surface area contributed by atoms with Crippen LogP contribution in [0, 0.1) is 10.1 Å². The summed E-state index contributed by atoms with van der Waals surface area (Å²) in [5.74, 6) is -3.66. The average molecular weight is 416 g/mol. The molecule has 1 saturated heterocycles. The number of alkyl halides is 2. The van der Waals surface area contributed by atoms with E-state index in [2.05, 4.69) is 5.10 Å². The molecule has 0 radical (unpaired) electrons. The third-order valence-electron chi connectivity index (χ3n) is 4.64. The molecule has 1 aromatic heterocycles. The lowest BCUT2D eigenvalue weighted by Crippen LogP contribution is -2.48. The SMILES string of the molecule is Cn1cc(C2(C)CN(c3ccc(S(=O)(=O)C(F)F)cc3[N+](=O)[O-])CCO2)cn1. The fraction of sp³-hybridized carbons (Fsp3) is 0.438. The molecule has 152 valence electrons. The number of hydrogen-bond donors (Lipinski definition) is 0. The maximum atomic E-state index is 12.8. The summed E-state index contributed by atoms with van der Waals surface area (Å²) in [6, 6.07) is 2.82. The molecule has 1 aliphatic heterocycles. The molecule has 0 amide bonds. The van der Waals surface area contributed by atoms with Crippen LogP contribution in [0.2, 0.25) is 0 Å². The second-order valence-corrected chi connectivity index (χ2v) is 8.53. The number of halogens is 2. The quantitative estimate of drug-likeness (QED) is 0.542. The molecule has 0 bridgehead atoms. The van der Waals surface area contributed by atoms with Crippen LogP contribution in [0.5, 0.6) is 0 Å². The Hall–Kier alpha value is -2.60. The van der Waals surface area contributed by atoms with E-state index in [-0.39, 0.29) is 18.8 Å². The van der Waals surface area contributed by atoms with Gasteiger partial charge in [-0.2, -0.15) is 13.9 Å². The summed E-state index contributed by atoms with van der Waals surface area (Å²) < 4.78 is 56.4. The molecule has 1 atom stereocenters. The fourth-order valence-corrected chi connectivity index (χ4v) is 3.88. The molecule has 0 saturated carbocycles. The largest absolute Gasteiger partial charge is 0.367 e. The van der Waals surface area contributed by atoms with Crippen molar-refractivity contribution < 1.29 is 26.9 Å². The van der Waals surface area contributed by atoms with Gasteiger partial charge in [0.25, 0.3) is 5.69 Å². The van der Waals surface area contributed by atoms with Gasteiger partial charge in [-0.1, -0.05) is 0 Å². The highest BCUT2D eigenvalue weighted by Gasteiger charge is 2.37. The van der Waals surface area contributed by atoms with Gasteiger partial charge in [-0.3, -0.25) is 14.8 Å². The predicted molar refractivity (Wildman–Crippen MR) is 95.0 cm³/mol. The summed E-state index contributed by atoms with van der Waals surface area (Å²) in [6.45, 7) is 2.63. The van der Waals surface area contributed by atoms with Gasteiger partial charge in [-0.05, 0) is 19.1 Å². The number of aryl methyl sites for hydroxylation is 1. The van der Waals surface area contributed by atoms with Crippen LogP contribution in [-0.2, 0) is 27.2 Å². The van der Waals surface area contributed by atoms with E-state index in [1.165, 1.54) is 6.07 Å². The maximum absolute atomic E-state index is 12.8. The van der Waals surface area contributed by atoms with Crippen molar-refractivity contribution in [1.29, 1.82) is 0 Å². The van der Waals surface area contributed by atoms with Crippen molar-refractivity contribution in [2.45, 2.75) is 23.2 Å². The molecular formula is C16H18F2N4O5S. The first kappa shape index (κ1) is 20.1. The lowest BCUT2D eigenvalue weighted by Gasteiger charge is -2.41. The van der Waals surface area contributed by atoms with Crippen molar-refractivity contribution in [2.24, 2.45) is 7.05 Å². The number of nitro benzene ring substituents is 1. The topological polar surface area (TPSA) is 108 Å². The Morgan fingerprint density at radius 3 is 2.68 bits per heavy atom. The highest BCUT2D eigenvalue weighted by atomic mass is 32.2. The molecule has 0 spiro atoms. The number of aromatic nitrogens is 2. The Morgan fingerprint density at radius 1 is 1.39 bits per heavy atom. The van der Waals surface area contributed by atoms with E-state index in [9.17, 15) is 27.3 Å². The monoisotopic (exact) mass is 416 g/mol. The Labute approximate surface area is 159 Å². The minimum absolute atomic E-state index is 0.136. The zero-order chi connectivity index (χ0) is 20.7. The van der Waals surface area contributed by atoms with E-state index in [1.807, 2.05) is 6.92 Å². The maximum Gasteiger partial charge on any atom is 0.341 e. The van der Waals surface area contributed by atoms with Crippen LogP contribution in [0.4, 0.5) is 20.2 Å². The normalized spacial score (nSPS) is 20.5. The number of sulfone groups is 1. The predicted octanol–water partition coefficient (Wildman–Crippen LogP) is 2.08. The van der Waals surface area contributed by atoms with Gasteiger partial charge >= 0.3 is 5.76 Å². The van der Waals surface area contributed by atoms with E-state index in [1.54, 1.807) is 29.0 Å². The minimum Gasteiger partial charge on any atom is -0.367 e. The molecule has 12 heteroatoms. The number of morpholine rings is 1. The lowest BCUT2D eigenvalue weighted by molar-refractivity contribution is -0.384. The molecule has 2 aromatic rings. The van der Waals surface area contributed by atoms with Crippen molar-refractivity contribution >= 4 is 21.2 Å². The number of rotatable bonds is 5. The van der Waals surface area contributed by atoms with Crippen molar-refractivity contribution in [3.8, 4) is 0 Å². The number of nitro groups is 1. The van der Waals surface area contributed by atoms with E-state index < -0.39 is 36.7 Å². The standard InChI is InChI=1S/C16H18F2N4O5S/c1-16(11-8-19-20(2)9-11)10-21(5-6-27-16)13-4-3-12(7-14(13)22(23)24)28(25,26)15(17)18/h3-4,7-9,15H,5-6,10H2,1-2H3. The number of nitrogens with zero attached hydrogens (tertiary/aromatic N) is 4. The van der Waals surface area contributed by atoms with E-state index in [4.69, 9.17) is 4.74 Å². The van der Waals surface area contributed by atoms with Crippen LogP contribution in [0.15, 0.2) is 35.5 Å². The van der Waals surface area contributed by atoms with Gasteiger partial charge in [0.15, 0.2) is 0 Å². The zero-order valence-corrected chi connectivity index (χ0v) is 15.9. The van der Waals surface area contributed by atoms with Crippen LogP contribution in [-0.4, -0.2) is 48.6 Å². The van der Waals surface area contributed by atoms with Crippen LogP contribution in [0.1, 0.15) is 12.5 Å². The first-order valence-corrected chi connectivity index (χ1v) is 9.78. The molecule has 9 nitrogen and oxygen atoms in total. The molecule has 0 aliphatic carbocycles. The van der Waals surface area contributed by atoms with Crippen molar-refractivity contribution in [1.82, 2.24) is 9.78 Å². The smallest absolute Gasteiger partial charge is 0.341 e. The average Bonchev–Trinajstić information content (AvgIpc) is 3.08. The summed E-state index contributed by atoms with van der Waals surface area (Å²) in [5, 5.41) is 15.6. The van der Waals surface area contributed by atoms with Crippen LogP contribution in [0.25, 0.3) is 0 Å². The van der Waals surface area contributed by atoms with E-state index in [0.717, 1.165) is 11.6 Å². The Balaban J connectivity index is 2.00. The minimum atomic E-state index is -4.94. The van der Waals surface area contributed by atoms with Gasteiger partial charge in [-0.15, -0.1) is 0 Å². The van der Waals surface area contributed by atoms with Gasteiger partial charge < -0.3 is 9.64 Å². The summed E-state index contributed by atoms with van der Waals surface area (Å²) in [4.78, 5) is 11.6. The van der Waals surface area contributed by atoms with Crippen LogP contribution < -0.4 is 4.90 Å². The Kier molecular flexibility index (Phi) is 5.10. The van der Waals surface area contributed by atoms with E-state index in [0.29, 0.717) is 12.6 Å². The fourth-order valence-electron chi connectivity index (χ4n) is 3.14. The number of hydrogen-bond acceptors (Lipinski definition) is 7. The van der Waals surface area contributed by atoms with Crippen molar-refractivity contribution in [2.75, 3.05) is 24.6 Å². The Morgan fingerprint density at radius 2 is 2.11 bits per heavy atom. The van der Waals surface area contributed by atoms with Gasteiger partial charge in [0.1, 0.15) is 11.3 Å². The molecular weight excluding hydrogens is 398 g/mol. The Bertz CT molecular complexity index is 1010. The summed E-state index contributed by atoms with van der Waals surface area (Å²) >= 11 is 0. The third kappa shape index (κ3) is 3.56. The molecule has 1 fully saturated rings. The van der Waals surface area contributed by atoms with Crippen LogP contribution >= 0.6 is 0 Å². The van der Waals surface area contributed by atoms with Gasteiger partial charge in [0, 0.05) is 31.4 Å². The van der Waals surface area contributed by atoms with Gasteiger partial charge in [-0.25, -0.2) is 8.42 Å². The zero-order valence-electron chi connectivity index (χ0n) is 15.1. The molecule has 1 aromatic carbocycles. The highest BCUT2D eigenvalue weighted by molar-refractivity contribution is 7.91. The van der Waals surface area contributed by atoms with Gasteiger partial charge in [0.05, 0.1) is 29.2 Å². The second-order valence-electron chi connectivity index (χ2n) is 6.62. The first-order chi connectivity index (χ1) is 13.0. The number of ether oxygens (including phenoxy) is 1. The van der Waals surface area contributed by atoms with Crippen molar-refractivity contribution in [3.63, 3.8) is 0 Å². The molecule has 1 aliphatic rings. The van der Waals surface area contributed by atoms with Crippen molar-refractivity contribution in [3.05, 3.63) is 46.3 Å².